The minimum Gasteiger partial charge on any atom is -0.347 e. The minimum absolute atomic E-state index is 0.0128. The normalized spacial score (nSPS) is 16.9. The summed E-state index contributed by atoms with van der Waals surface area (Å²) in [5, 5.41) is 6.04. The van der Waals surface area contributed by atoms with Gasteiger partial charge in [-0.3, -0.25) is 20.4 Å². The van der Waals surface area contributed by atoms with Crippen LogP contribution in [0.1, 0.15) is 45.1 Å². The summed E-state index contributed by atoms with van der Waals surface area (Å²) in [6, 6.07) is 16.7. The number of benzene rings is 2. The number of hydrogen-bond acceptors (Lipinski definition) is 5. The lowest BCUT2D eigenvalue weighted by Crippen LogP contribution is -2.41. The van der Waals surface area contributed by atoms with E-state index in [1.54, 1.807) is 11.9 Å². The van der Waals surface area contributed by atoms with Gasteiger partial charge >= 0.3 is 6.03 Å². The zero-order valence-corrected chi connectivity index (χ0v) is 21.0. The number of halogens is 1. The summed E-state index contributed by atoms with van der Waals surface area (Å²) in [4.78, 5) is 42.9. The number of likely N-dealkylation sites (tertiary alicyclic amines) is 1. The van der Waals surface area contributed by atoms with Gasteiger partial charge in [-0.15, -0.1) is 0 Å². The molecule has 37 heavy (non-hydrogen) atoms. The lowest BCUT2D eigenvalue weighted by atomic mass is 9.95. The zero-order valence-electron chi connectivity index (χ0n) is 20.3. The Morgan fingerprint density at radius 3 is 2.24 bits per heavy atom. The molecule has 10 heteroatoms. The Hall–Kier alpha value is -4.11. The number of likely N-dealkylation sites (N-methyl/N-ethyl adjacent to an activating group) is 1. The number of amides is 4. The quantitative estimate of drug-likeness (QED) is 0.387. The summed E-state index contributed by atoms with van der Waals surface area (Å²) in [7, 11) is 1.70. The van der Waals surface area contributed by atoms with Crippen molar-refractivity contribution in [1.82, 2.24) is 25.9 Å². The van der Waals surface area contributed by atoms with Crippen molar-refractivity contribution in [3.8, 4) is 0 Å². The number of aromatic nitrogens is 1. The molecular weight excluding hydrogens is 492 g/mol. The summed E-state index contributed by atoms with van der Waals surface area (Å²) < 4.78 is 0. The largest absolute Gasteiger partial charge is 0.347 e. The maximum Gasteiger partial charge on any atom is 0.334 e. The molecule has 1 fully saturated rings. The number of fused-ring (bicyclic) bond motifs is 2. The van der Waals surface area contributed by atoms with Crippen LogP contribution in [0.5, 0.6) is 0 Å². The van der Waals surface area contributed by atoms with E-state index in [1.807, 2.05) is 36.4 Å². The lowest BCUT2D eigenvalue weighted by molar-refractivity contribution is -0.126. The number of pyridine rings is 1. The lowest BCUT2D eigenvalue weighted by Gasteiger charge is -2.22. The average Bonchev–Trinajstić information content (AvgIpc) is 3.12. The second-order valence-corrected chi connectivity index (χ2v) is 9.66. The Morgan fingerprint density at radius 2 is 1.65 bits per heavy atom. The van der Waals surface area contributed by atoms with Crippen LogP contribution in [0.3, 0.4) is 0 Å². The molecule has 0 radical (unpaired) electrons. The van der Waals surface area contributed by atoms with Gasteiger partial charge in [0.15, 0.2) is 5.82 Å². The van der Waals surface area contributed by atoms with Crippen LogP contribution in [0.25, 0.3) is 0 Å². The van der Waals surface area contributed by atoms with E-state index in [-0.39, 0.29) is 46.7 Å². The van der Waals surface area contributed by atoms with Gasteiger partial charge < -0.3 is 15.5 Å². The van der Waals surface area contributed by atoms with Gasteiger partial charge in [-0.1, -0.05) is 60.1 Å². The number of aryl methyl sites for hydroxylation is 2. The molecule has 0 bridgehead atoms. The minimum atomic E-state index is -0.453. The van der Waals surface area contributed by atoms with Crippen molar-refractivity contribution < 1.29 is 14.4 Å². The Kier molecular flexibility index (Phi) is 6.96. The number of urea groups is 1. The molecule has 190 valence electrons. The van der Waals surface area contributed by atoms with Crippen LogP contribution in [-0.4, -0.2) is 47.4 Å². The van der Waals surface area contributed by atoms with Crippen LogP contribution in [-0.2, 0) is 17.6 Å². The van der Waals surface area contributed by atoms with Gasteiger partial charge in [0.25, 0.3) is 5.91 Å². The molecule has 5 rings (SSSR count). The fraction of sp³-hybridized carbons (Fsp3) is 0.259. The van der Waals surface area contributed by atoms with E-state index in [1.165, 1.54) is 23.4 Å². The smallest absolute Gasteiger partial charge is 0.334 e. The first-order valence-electron chi connectivity index (χ1n) is 12.1. The van der Waals surface area contributed by atoms with Crippen molar-refractivity contribution in [2.24, 2.45) is 0 Å². The highest BCUT2D eigenvalue weighted by Crippen LogP contribution is 2.32. The predicted octanol–water partition coefficient (Wildman–Crippen LogP) is 3.21. The summed E-state index contributed by atoms with van der Waals surface area (Å²) >= 11 is 6.33. The molecule has 1 atom stereocenters. The Morgan fingerprint density at radius 1 is 1.00 bits per heavy atom. The summed E-state index contributed by atoms with van der Waals surface area (Å²) in [5.74, 6) is -0.183. The van der Waals surface area contributed by atoms with Gasteiger partial charge in [-0.25, -0.2) is 9.78 Å². The number of hydrogen-bond donors (Lipinski definition) is 4. The van der Waals surface area contributed by atoms with E-state index in [4.69, 9.17) is 11.6 Å². The molecule has 0 spiro atoms. The maximum absolute atomic E-state index is 12.9. The first kappa shape index (κ1) is 24.6. The van der Waals surface area contributed by atoms with Gasteiger partial charge in [-0.05, 0) is 41.2 Å². The third kappa shape index (κ3) is 5.36. The van der Waals surface area contributed by atoms with Crippen molar-refractivity contribution in [3.63, 3.8) is 0 Å². The molecule has 4 N–H and O–H groups in total. The first-order valence-corrected chi connectivity index (χ1v) is 12.5. The molecule has 9 nitrogen and oxygen atoms in total. The average molecular weight is 519 g/mol. The van der Waals surface area contributed by atoms with E-state index in [0.717, 1.165) is 24.0 Å². The third-order valence-corrected chi connectivity index (χ3v) is 7.03. The number of rotatable bonds is 5. The fourth-order valence-corrected chi connectivity index (χ4v) is 5.06. The van der Waals surface area contributed by atoms with Crippen LogP contribution >= 0.6 is 11.6 Å². The second-order valence-electron chi connectivity index (χ2n) is 9.26. The van der Waals surface area contributed by atoms with Gasteiger partial charge in [0, 0.05) is 26.2 Å². The number of carbonyl (C=O) groups is 3. The van der Waals surface area contributed by atoms with Crippen molar-refractivity contribution >= 4 is 35.3 Å². The van der Waals surface area contributed by atoms with Crippen LogP contribution in [0, 0.1) is 0 Å². The van der Waals surface area contributed by atoms with Gasteiger partial charge in [0.1, 0.15) is 0 Å². The van der Waals surface area contributed by atoms with Crippen molar-refractivity contribution in [1.29, 1.82) is 0 Å². The van der Waals surface area contributed by atoms with E-state index >= 15 is 0 Å². The van der Waals surface area contributed by atoms with Crippen molar-refractivity contribution in [2.45, 2.75) is 31.3 Å². The molecule has 4 amide bonds. The molecule has 2 heterocycles. The van der Waals surface area contributed by atoms with Crippen LogP contribution < -0.4 is 21.5 Å². The summed E-state index contributed by atoms with van der Waals surface area (Å²) in [5.41, 5.74) is 10.1. The van der Waals surface area contributed by atoms with E-state index in [9.17, 15) is 14.4 Å². The molecule has 1 aromatic heterocycles. The number of anilines is 1. The third-order valence-electron chi connectivity index (χ3n) is 6.75. The maximum atomic E-state index is 12.9. The summed E-state index contributed by atoms with van der Waals surface area (Å²) in [6.07, 6.45) is 3.43. The van der Waals surface area contributed by atoms with Crippen LogP contribution in [0.2, 0.25) is 5.02 Å². The zero-order chi connectivity index (χ0) is 25.9. The van der Waals surface area contributed by atoms with E-state index < -0.39 is 6.03 Å². The standard InChI is InChI=1S/C27H27ClN6O3/c1-34-15-19(13-23(34)35)30-26(36)18-12-22(28)25(29-14-18)32-33-27(37)31-24-20-8-4-2-6-16(20)10-11-17-7-3-5-9-21(17)24/h2-9,12,14,19,24H,10-11,13,15H2,1H3,(H,29,32)(H,30,36)(H2,31,33,37). The molecular formula is C27H27ClN6O3. The molecule has 3 aromatic rings. The second kappa shape index (κ2) is 10.5. The topological polar surface area (TPSA) is 115 Å². The SMILES string of the molecule is CN1CC(NC(=O)c2cnc(NNC(=O)NC3c4ccccc4CCc4ccccc43)c(Cl)c2)CC1=O. The number of carbonyl (C=O) groups excluding carboxylic acids is 3. The molecule has 0 saturated carbocycles. The van der Waals surface area contributed by atoms with Gasteiger partial charge in [0.2, 0.25) is 5.91 Å². The van der Waals surface area contributed by atoms with Crippen LogP contribution in [0.15, 0.2) is 60.8 Å². The van der Waals surface area contributed by atoms with Crippen molar-refractivity contribution in [2.75, 3.05) is 19.0 Å². The number of nitrogens with one attached hydrogen (secondary N) is 4. The Balaban J connectivity index is 1.24. The summed E-state index contributed by atoms with van der Waals surface area (Å²) in [6.45, 7) is 0.459. The fourth-order valence-electron chi connectivity index (χ4n) is 4.85. The molecule has 2 aromatic carbocycles. The van der Waals surface area contributed by atoms with E-state index in [0.29, 0.717) is 6.54 Å². The predicted molar refractivity (Wildman–Crippen MR) is 140 cm³/mol. The molecule has 1 aliphatic carbocycles. The Bertz CT molecular complexity index is 1320. The number of nitrogens with zero attached hydrogens (tertiary/aromatic N) is 2. The Labute approximate surface area is 219 Å². The molecule has 2 aliphatic rings. The van der Waals surface area contributed by atoms with Crippen molar-refractivity contribution in [3.05, 3.63) is 93.6 Å². The van der Waals surface area contributed by atoms with Crippen LogP contribution in [0.4, 0.5) is 10.6 Å². The number of hydrazine groups is 1. The van der Waals surface area contributed by atoms with E-state index in [2.05, 4.69) is 38.6 Å². The highest BCUT2D eigenvalue weighted by molar-refractivity contribution is 6.33. The van der Waals surface area contributed by atoms with Gasteiger partial charge in [0.05, 0.1) is 22.7 Å². The monoisotopic (exact) mass is 518 g/mol. The molecule has 1 aliphatic heterocycles. The molecule has 1 unspecified atom stereocenters. The van der Waals surface area contributed by atoms with Gasteiger partial charge in [-0.2, -0.15) is 0 Å². The highest BCUT2D eigenvalue weighted by Gasteiger charge is 2.28. The first-order chi connectivity index (χ1) is 17.9. The molecule has 1 saturated heterocycles. The highest BCUT2D eigenvalue weighted by atomic mass is 35.5.